The Morgan fingerprint density at radius 2 is 2.09 bits per heavy atom. The molecular formula is C23H25F3N6O3. The molecule has 0 unspecified atom stereocenters. The summed E-state index contributed by atoms with van der Waals surface area (Å²) in [6, 6.07) is 3.29. The number of hydrogen-bond acceptors (Lipinski definition) is 6. The molecule has 0 aliphatic carbocycles. The largest absolute Gasteiger partial charge is 0.468 e. The number of rotatable bonds is 7. The van der Waals surface area contributed by atoms with Gasteiger partial charge in [0.15, 0.2) is 6.61 Å². The van der Waals surface area contributed by atoms with Crippen molar-refractivity contribution in [3.8, 4) is 5.88 Å². The molecule has 3 aromatic heterocycles. The molecule has 0 radical (unpaired) electrons. The van der Waals surface area contributed by atoms with E-state index in [1.807, 2.05) is 0 Å². The van der Waals surface area contributed by atoms with Gasteiger partial charge in [-0.25, -0.2) is 9.97 Å². The molecule has 0 saturated carbocycles. The highest BCUT2D eigenvalue weighted by atomic mass is 19.4. The van der Waals surface area contributed by atoms with Crippen molar-refractivity contribution < 1.29 is 27.5 Å². The highest BCUT2D eigenvalue weighted by Crippen LogP contribution is 2.24. The van der Waals surface area contributed by atoms with Gasteiger partial charge in [-0.3, -0.25) is 14.3 Å². The van der Waals surface area contributed by atoms with Gasteiger partial charge < -0.3 is 15.0 Å². The smallest absolute Gasteiger partial charge is 0.422 e. The zero-order chi connectivity index (χ0) is 25.2. The monoisotopic (exact) mass is 490 g/mol. The Labute approximate surface area is 199 Å². The van der Waals surface area contributed by atoms with Crippen molar-refractivity contribution in [2.24, 2.45) is 0 Å². The first-order valence-corrected chi connectivity index (χ1v) is 11.1. The number of pyridine rings is 2. The number of hydrogen-bond donors (Lipinski definition) is 1. The van der Waals surface area contributed by atoms with Crippen LogP contribution >= 0.6 is 0 Å². The molecule has 4 rings (SSSR count). The van der Waals surface area contributed by atoms with Crippen LogP contribution in [0.15, 0.2) is 30.7 Å². The number of nitrogens with zero attached hydrogens (tertiary/aromatic N) is 5. The summed E-state index contributed by atoms with van der Waals surface area (Å²) in [7, 11) is 0. The number of aryl methyl sites for hydroxylation is 1. The molecule has 1 atom stereocenters. The predicted octanol–water partition coefficient (Wildman–Crippen LogP) is 3.46. The third-order valence-corrected chi connectivity index (χ3v) is 5.75. The summed E-state index contributed by atoms with van der Waals surface area (Å²) in [5, 5.41) is 7.97. The summed E-state index contributed by atoms with van der Waals surface area (Å²) >= 11 is 0. The van der Waals surface area contributed by atoms with E-state index < -0.39 is 12.8 Å². The fraction of sp³-hybridized carbons (Fsp3) is 0.435. The summed E-state index contributed by atoms with van der Waals surface area (Å²) in [6.07, 6.45) is 2.14. The molecule has 12 heteroatoms. The average Bonchev–Trinajstić information content (AvgIpc) is 3.39. The second kappa shape index (κ2) is 9.88. The molecule has 0 spiro atoms. The Balaban J connectivity index is 1.44. The zero-order valence-electron chi connectivity index (χ0n) is 19.3. The maximum Gasteiger partial charge on any atom is 0.422 e. The number of alkyl halides is 3. The van der Waals surface area contributed by atoms with Gasteiger partial charge in [-0.05, 0) is 37.5 Å². The SMILES string of the molecule is CC(=O)N1CCC[C@@H]1CC(=O)Nc1nccc2nn(Cc3cnc(OCC(F)(F)F)c(C)c3)cc12. The van der Waals surface area contributed by atoms with Crippen LogP contribution in [0.3, 0.4) is 0 Å². The van der Waals surface area contributed by atoms with E-state index >= 15 is 0 Å². The number of carbonyl (C=O) groups excluding carboxylic acids is 2. The molecule has 1 fully saturated rings. The maximum atomic E-state index is 12.7. The molecule has 9 nitrogen and oxygen atoms in total. The minimum absolute atomic E-state index is 0.0357. The van der Waals surface area contributed by atoms with E-state index in [2.05, 4.69) is 20.4 Å². The zero-order valence-corrected chi connectivity index (χ0v) is 19.3. The Hall–Kier alpha value is -3.70. The van der Waals surface area contributed by atoms with Gasteiger partial charge >= 0.3 is 6.18 Å². The number of aromatic nitrogens is 4. The van der Waals surface area contributed by atoms with Crippen molar-refractivity contribution in [2.45, 2.75) is 51.9 Å². The standard InChI is InChI=1S/C23H25F3N6O3/c1-14-8-16(10-28-22(14)35-13-23(24,25)26)11-31-12-18-19(30-31)5-6-27-21(18)29-20(34)9-17-4-3-7-32(17)15(2)33/h5-6,8,10,12,17H,3-4,7,9,11,13H2,1-2H3,(H,27,29,34)/t17-/m1/s1. The van der Waals surface area contributed by atoms with Crippen molar-refractivity contribution >= 4 is 28.5 Å². The first-order chi connectivity index (χ1) is 16.6. The summed E-state index contributed by atoms with van der Waals surface area (Å²) in [5.74, 6) is 0.0319. The first kappa shape index (κ1) is 24.4. The molecule has 0 aromatic carbocycles. The van der Waals surface area contributed by atoms with Crippen molar-refractivity contribution in [3.63, 3.8) is 0 Å². The van der Waals surface area contributed by atoms with Crippen molar-refractivity contribution in [1.82, 2.24) is 24.6 Å². The summed E-state index contributed by atoms with van der Waals surface area (Å²) < 4.78 is 43.6. The average molecular weight is 490 g/mol. The Morgan fingerprint density at radius 3 is 2.80 bits per heavy atom. The van der Waals surface area contributed by atoms with Crippen molar-refractivity contribution in [2.75, 3.05) is 18.5 Å². The van der Waals surface area contributed by atoms with E-state index in [1.165, 1.54) is 13.1 Å². The third kappa shape index (κ3) is 6.06. The van der Waals surface area contributed by atoms with E-state index in [4.69, 9.17) is 4.74 Å². The van der Waals surface area contributed by atoms with Gasteiger partial charge in [-0.1, -0.05) is 0 Å². The van der Waals surface area contributed by atoms with Gasteiger partial charge in [0.25, 0.3) is 0 Å². The molecule has 3 aromatic rings. The number of likely N-dealkylation sites (tertiary alicyclic amines) is 1. The topological polar surface area (TPSA) is 102 Å². The summed E-state index contributed by atoms with van der Waals surface area (Å²) in [6.45, 7) is 2.70. The molecule has 35 heavy (non-hydrogen) atoms. The molecular weight excluding hydrogens is 465 g/mol. The highest BCUT2D eigenvalue weighted by molar-refractivity contribution is 5.99. The Bertz CT molecular complexity index is 1240. The highest BCUT2D eigenvalue weighted by Gasteiger charge is 2.29. The molecule has 1 saturated heterocycles. The van der Waals surface area contributed by atoms with Crippen LogP contribution < -0.4 is 10.1 Å². The van der Waals surface area contributed by atoms with E-state index in [9.17, 15) is 22.8 Å². The van der Waals surface area contributed by atoms with Crippen LogP contribution in [-0.2, 0) is 16.1 Å². The van der Waals surface area contributed by atoms with Gasteiger partial charge in [-0.2, -0.15) is 18.3 Å². The lowest BCUT2D eigenvalue weighted by Crippen LogP contribution is -2.36. The van der Waals surface area contributed by atoms with Crippen molar-refractivity contribution in [3.05, 3.63) is 41.9 Å². The number of amides is 2. The normalized spacial score (nSPS) is 16.0. The van der Waals surface area contributed by atoms with Crippen LogP contribution in [0.2, 0.25) is 0 Å². The van der Waals surface area contributed by atoms with E-state index in [1.54, 1.807) is 41.0 Å². The van der Waals surface area contributed by atoms with Gasteiger partial charge in [0, 0.05) is 50.1 Å². The van der Waals surface area contributed by atoms with Crippen molar-refractivity contribution in [1.29, 1.82) is 0 Å². The van der Waals surface area contributed by atoms with Crippen LogP contribution in [-0.4, -0.2) is 61.8 Å². The Morgan fingerprint density at radius 1 is 1.29 bits per heavy atom. The number of halogens is 3. The van der Waals surface area contributed by atoms with Gasteiger partial charge in [-0.15, -0.1) is 0 Å². The fourth-order valence-corrected chi connectivity index (χ4v) is 4.23. The first-order valence-electron chi connectivity index (χ1n) is 11.1. The third-order valence-electron chi connectivity index (χ3n) is 5.75. The second-order valence-electron chi connectivity index (χ2n) is 8.55. The van der Waals surface area contributed by atoms with Crippen LogP contribution in [0.1, 0.15) is 37.3 Å². The summed E-state index contributed by atoms with van der Waals surface area (Å²) in [5.41, 5.74) is 1.82. The number of carbonyl (C=O) groups is 2. The quantitative estimate of drug-likeness (QED) is 0.544. The maximum absolute atomic E-state index is 12.7. The number of nitrogens with one attached hydrogen (secondary N) is 1. The number of ether oxygens (including phenoxy) is 1. The van der Waals surface area contributed by atoms with Crippen LogP contribution in [0, 0.1) is 6.92 Å². The van der Waals surface area contributed by atoms with Gasteiger partial charge in [0.2, 0.25) is 17.7 Å². The Kier molecular flexibility index (Phi) is 6.90. The van der Waals surface area contributed by atoms with E-state index in [0.29, 0.717) is 35.4 Å². The fourth-order valence-electron chi connectivity index (χ4n) is 4.23. The van der Waals surface area contributed by atoms with Crippen LogP contribution in [0.5, 0.6) is 5.88 Å². The van der Waals surface area contributed by atoms with Crippen LogP contribution in [0.4, 0.5) is 19.0 Å². The molecule has 0 bridgehead atoms. The predicted molar refractivity (Wildman–Crippen MR) is 121 cm³/mol. The minimum atomic E-state index is -4.44. The lowest BCUT2D eigenvalue weighted by Gasteiger charge is -2.22. The molecule has 186 valence electrons. The lowest BCUT2D eigenvalue weighted by molar-refractivity contribution is -0.154. The summed E-state index contributed by atoms with van der Waals surface area (Å²) in [4.78, 5) is 34.4. The molecule has 4 heterocycles. The minimum Gasteiger partial charge on any atom is -0.468 e. The van der Waals surface area contributed by atoms with Gasteiger partial charge in [0.1, 0.15) is 5.82 Å². The van der Waals surface area contributed by atoms with Crippen LogP contribution in [0.25, 0.3) is 10.9 Å². The molecule has 2 amide bonds. The van der Waals surface area contributed by atoms with E-state index in [0.717, 1.165) is 18.4 Å². The molecule has 1 aliphatic rings. The second-order valence-corrected chi connectivity index (χ2v) is 8.55. The molecule has 1 N–H and O–H groups in total. The molecule has 1 aliphatic heterocycles. The van der Waals surface area contributed by atoms with E-state index in [-0.39, 0.29) is 30.2 Å². The lowest BCUT2D eigenvalue weighted by atomic mass is 10.1. The van der Waals surface area contributed by atoms with Gasteiger partial charge in [0.05, 0.1) is 17.4 Å². The number of fused-ring (bicyclic) bond motifs is 1. The number of anilines is 1.